The summed E-state index contributed by atoms with van der Waals surface area (Å²) in [7, 11) is 3.33. The number of methoxy groups -OCH3 is 1. The van der Waals surface area contributed by atoms with Crippen LogP contribution in [0.4, 0.5) is 4.39 Å². The van der Waals surface area contributed by atoms with Gasteiger partial charge in [0.25, 0.3) is 0 Å². The maximum absolute atomic E-state index is 13.8. The highest BCUT2D eigenvalue weighted by atomic mass is 32.2. The highest BCUT2D eigenvalue weighted by Crippen LogP contribution is 2.25. The molecule has 0 saturated heterocycles. The molecule has 1 aromatic heterocycles. The molecule has 0 amide bonds. The molecule has 0 aliphatic carbocycles. The van der Waals surface area contributed by atoms with Crippen molar-refractivity contribution < 1.29 is 14.2 Å². The summed E-state index contributed by atoms with van der Waals surface area (Å²) in [4.78, 5) is 4.18. The summed E-state index contributed by atoms with van der Waals surface area (Å²) in [5.74, 6) is 0.695. The Bertz CT molecular complexity index is 572. The third-order valence-corrected chi connectivity index (χ3v) is 3.91. The van der Waals surface area contributed by atoms with Gasteiger partial charge in [-0.25, -0.2) is 9.37 Å². The van der Waals surface area contributed by atoms with Crippen LogP contribution >= 0.6 is 11.8 Å². The first-order valence-electron chi connectivity index (χ1n) is 5.72. The van der Waals surface area contributed by atoms with Gasteiger partial charge in [0.15, 0.2) is 5.16 Å². The lowest BCUT2D eigenvalue weighted by Gasteiger charge is -2.06. The highest BCUT2D eigenvalue weighted by Gasteiger charge is 2.09. The summed E-state index contributed by atoms with van der Waals surface area (Å²) in [6, 6.07) is 4.81. The molecule has 1 N–H and O–H groups in total. The second-order valence-corrected chi connectivity index (χ2v) is 4.94. The van der Waals surface area contributed by atoms with Crippen LogP contribution in [0.5, 0.6) is 5.75 Å². The van der Waals surface area contributed by atoms with E-state index in [2.05, 4.69) is 4.98 Å². The van der Waals surface area contributed by atoms with Gasteiger partial charge in [-0.3, -0.25) is 0 Å². The van der Waals surface area contributed by atoms with Crippen molar-refractivity contribution >= 4 is 11.8 Å². The number of aliphatic hydroxyl groups excluding tert-OH is 1. The molecular weight excluding hydrogens is 267 g/mol. The van der Waals surface area contributed by atoms with Gasteiger partial charge in [-0.2, -0.15) is 0 Å². The molecule has 2 rings (SSSR count). The molecule has 19 heavy (non-hydrogen) atoms. The number of imidazole rings is 1. The molecule has 0 radical (unpaired) electrons. The first-order valence-corrected chi connectivity index (χ1v) is 6.71. The predicted molar refractivity (Wildman–Crippen MR) is 71.6 cm³/mol. The lowest BCUT2D eigenvalue weighted by atomic mass is 10.2. The average Bonchev–Trinajstić information content (AvgIpc) is 2.78. The van der Waals surface area contributed by atoms with E-state index < -0.39 is 0 Å². The second kappa shape index (κ2) is 6.08. The molecule has 1 aromatic carbocycles. The zero-order valence-corrected chi connectivity index (χ0v) is 11.6. The van der Waals surface area contributed by atoms with Gasteiger partial charge in [0.05, 0.1) is 25.6 Å². The Morgan fingerprint density at radius 2 is 2.26 bits per heavy atom. The molecule has 0 spiro atoms. The van der Waals surface area contributed by atoms with Gasteiger partial charge in [-0.05, 0) is 11.6 Å². The van der Waals surface area contributed by atoms with Crippen LogP contribution in [-0.4, -0.2) is 21.8 Å². The van der Waals surface area contributed by atoms with Gasteiger partial charge < -0.3 is 14.4 Å². The summed E-state index contributed by atoms with van der Waals surface area (Å²) in [6.45, 7) is -0.0546. The number of halogens is 1. The smallest absolute Gasteiger partial charge is 0.168 e. The fourth-order valence-electron chi connectivity index (χ4n) is 1.62. The molecule has 0 fully saturated rings. The number of aromatic nitrogens is 2. The van der Waals surface area contributed by atoms with Crippen molar-refractivity contribution in [1.29, 1.82) is 0 Å². The lowest BCUT2D eigenvalue weighted by Crippen LogP contribution is -1.98. The fraction of sp³-hybridized carbons (Fsp3) is 0.308. The van der Waals surface area contributed by atoms with Crippen LogP contribution in [0.15, 0.2) is 29.6 Å². The van der Waals surface area contributed by atoms with Crippen LogP contribution in [0, 0.1) is 5.82 Å². The normalized spacial score (nSPS) is 10.7. The third kappa shape index (κ3) is 3.08. The number of rotatable bonds is 5. The second-order valence-electron chi connectivity index (χ2n) is 4.00. The Labute approximate surface area is 115 Å². The Morgan fingerprint density at radius 3 is 2.84 bits per heavy atom. The monoisotopic (exact) mass is 282 g/mol. The summed E-state index contributed by atoms with van der Waals surface area (Å²) in [5, 5.41) is 9.82. The van der Waals surface area contributed by atoms with E-state index in [9.17, 15) is 4.39 Å². The number of hydrogen-bond acceptors (Lipinski definition) is 4. The van der Waals surface area contributed by atoms with Gasteiger partial charge in [0, 0.05) is 18.9 Å². The number of nitrogens with zero attached hydrogens (tertiary/aromatic N) is 2. The zero-order valence-electron chi connectivity index (χ0n) is 10.8. The van der Waals surface area contributed by atoms with Crippen LogP contribution in [0.2, 0.25) is 0 Å². The largest absolute Gasteiger partial charge is 0.497 e. The number of thioether (sulfide) groups is 1. The summed E-state index contributed by atoms with van der Waals surface area (Å²) >= 11 is 1.42. The van der Waals surface area contributed by atoms with Gasteiger partial charge >= 0.3 is 0 Å². The molecule has 0 saturated carbocycles. The van der Waals surface area contributed by atoms with E-state index >= 15 is 0 Å². The molecular formula is C13H15FN2O2S. The first-order chi connectivity index (χ1) is 9.15. The summed E-state index contributed by atoms with van der Waals surface area (Å²) in [5.41, 5.74) is 1.33. The lowest BCUT2D eigenvalue weighted by molar-refractivity contribution is 0.271. The summed E-state index contributed by atoms with van der Waals surface area (Å²) < 4.78 is 20.5. The minimum Gasteiger partial charge on any atom is -0.497 e. The van der Waals surface area contributed by atoms with E-state index in [1.54, 1.807) is 22.9 Å². The van der Waals surface area contributed by atoms with E-state index in [-0.39, 0.29) is 12.4 Å². The number of hydrogen-bond donors (Lipinski definition) is 1. The van der Waals surface area contributed by atoms with Crippen LogP contribution in [0.3, 0.4) is 0 Å². The SMILES string of the molecule is COc1ccc(CSc2ncc(CO)n2C)c(F)c1. The van der Waals surface area contributed by atoms with E-state index in [0.717, 1.165) is 10.9 Å². The van der Waals surface area contributed by atoms with E-state index in [1.165, 1.54) is 24.9 Å². The Balaban J connectivity index is 2.08. The maximum Gasteiger partial charge on any atom is 0.168 e. The molecule has 2 aromatic rings. The number of benzene rings is 1. The Kier molecular flexibility index (Phi) is 4.44. The predicted octanol–water partition coefficient (Wildman–Crippen LogP) is 2.35. The molecule has 0 aliphatic heterocycles. The first kappa shape index (κ1) is 13.9. The highest BCUT2D eigenvalue weighted by molar-refractivity contribution is 7.98. The third-order valence-electron chi connectivity index (χ3n) is 2.82. The van der Waals surface area contributed by atoms with E-state index in [4.69, 9.17) is 9.84 Å². The molecule has 0 bridgehead atoms. The van der Waals surface area contributed by atoms with Crippen LogP contribution in [0.1, 0.15) is 11.3 Å². The number of ether oxygens (including phenoxy) is 1. The molecule has 102 valence electrons. The van der Waals surface area contributed by atoms with Crippen molar-refractivity contribution in [3.05, 3.63) is 41.5 Å². The molecule has 0 atom stereocenters. The van der Waals surface area contributed by atoms with E-state index in [1.807, 2.05) is 7.05 Å². The van der Waals surface area contributed by atoms with Crippen LogP contribution in [-0.2, 0) is 19.4 Å². The minimum absolute atomic E-state index is 0.0546. The van der Waals surface area contributed by atoms with Gasteiger partial charge in [0.2, 0.25) is 0 Å². The van der Waals surface area contributed by atoms with Crippen molar-refractivity contribution in [2.45, 2.75) is 17.5 Å². The standard InChI is InChI=1S/C13H15FN2O2S/c1-16-10(7-17)6-15-13(16)19-8-9-3-4-11(18-2)5-12(9)14/h3-6,17H,7-8H2,1-2H3. The molecule has 4 nitrogen and oxygen atoms in total. The quantitative estimate of drug-likeness (QED) is 0.855. The minimum atomic E-state index is -0.288. The number of aliphatic hydroxyl groups is 1. The Morgan fingerprint density at radius 1 is 1.47 bits per heavy atom. The fourth-order valence-corrected chi connectivity index (χ4v) is 2.58. The van der Waals surface area contributed by atoms with Crippen molar-refractivity contribution in [3.63, 3.8) is 0 Å². The van der Waals surface area contributed by atoms with Crippen LogP contribution in [0.25, 0.3) is 0 Å². The van der Waals surface area contributed by atoms with Crippen molar-refractivity contribution in [2.24, 2.45) is 7.05 Å². The molecule has 1 heterocycles. The Hall–Kier alpha value is -1.53. The van der Waals surface area contributed by atoms with Gasteiger partial charge in [-0.15, -0.1) is 0 Å². The van der Waals surface area contributed by atoms with Crippen molar-refractivity contribution in [2.75, 3.05) is 7.11 Å². The topological polar surface area (TPSA) is 47.3 Å². The maximum atomic E-state index is 13.8. The van der Waals surface area contributed by atoms with Crippen molar-refractivity contribution in [1.82, 2.24) is 9.55 Å². The van der Waals surface area contributed by atoms with Gasteiger partial charge in [0.1, 0.15) is 11.6 Å². The van der Waals surface area contributed by atoms with Crippen molar-refractivity contribution in [3.8, 4) is 5.75 Å². The van der Waals surface area contributed by atoms with Crippen LogP contribution < -0.4 is 4.74 Å². The van der Waals surface area contributed by atoms with E-state index in [0.29, 0.717) is 17.1 Å². The van der Waals surface area contributed by atoms with Gasteiger partial charge in [-0.1, -0.05) is 17.8 Å². The zero-order chi connectivity index (χ0) is 13.8. The summed E-state index contributed by atoms with van der Waals surface area (Å²) in [6.07, 6.45) is 1.62. The molecule has 0 aliphatic rings. The molecule has 6 heteroatoms. The molecule has 0 unspecified atom stereocenters. The average molecular weight is 282 g/mol.